The zero-order valence-electron chi connectivity index (χ0n) is 23.9. The van der Waals surface area contributed by atoms with Gasteiger partial charge in [-0.1, -0.05) is 79.7 Å². The molecule has 0 saturated carbocycles. The van der Waals surface area contributed by atoms with Crippen molar-refractivity contribution in [2.75, 3.05) is 9.80 Å². The van der Waals surface area contributed by atoms with Gasteiger partial charge in [-0.15, -0.1) is 0 Å². The summed E-state index contributed by atoms with van der Waals surface area (Å²) in [5.74, 6) is 0.437. The predicted octanol–water partition coefficient (Wildman–Crippen LogP) is 10.3. The average Bonchev–Trinajstić information content (AvgIpc) is 3.04. The van der Waals surface area contributed by atoms with E-state index < -0.39 is 0 Å². The van der Waals surface area contributed by atoms with Gasteiger partial charge in [0, 0.05) is 52.2 Å². The van der Waals surface area contributed by atoms with Gasteiger partial charge in [-0.2, -0.15) is 0 Å². The second-order valence-corrected chi connectivity index (χ2v) is 10.3. The van der Waals surface area contributed by atoms with Crippen LogP contribution in [0.1, 0.15) is 24.0 Å². The minimum absolute atomic E-state index is 0.0139. The van der Waals surface area contributed by atoms with Crippen LogP contribution in [0.5, 0.6) is 11.5 Å². The third-order valence-electron chi connectivity index (χ3n) is 7.46. The van der Waals surface area contributed by atoms with Crippen LogP contribution in [0.4, 0.5) is 34.1 Å². The highest BCUT2D eigenvalue weighted by molar-refractivity contribution is 5.78. The number of para-hydroxylation sites is 2. The molecular weight excluding hydrogens is 528 g/mol. The van der Waals surface area contributed by atoms with Crippen molar-refractivity contribution in [2.24, 2.45) is 0 Å². The van der Waals surface area contributed by atoms with Crippen LogP contribution >= 0.6 is 0 Å². The van der Waals surface area contributed by atoms with Crippen molar-refractivity contribution >= 4 is 34.1 Å². The van der Waals surface area contributed by atoms with Crippen molar-refractivity contribution in [3.8, 4) is 11.5 Å². The summed E-state index contributed by atoms with van der Waals surface area (Å²) >= 11 is 0. The Bertz CT molecular complexity index is 1640. The van der Waals surface area contributed by atoms with Crippen LogP contribution in [0.2, 0.25) is 0 Å². The molecule has 6 aromatic carbocycles. The maximum absolute atomic E-state index is 10.2. The first-order valence-electron chi connectivity index (χ1n) is 14.3. The first kappa shape index (κ1) is 27.7. The molecule has 210 valence electrons. The molecule has 4 heteroatoms. The fourth-order valence-electron chi connectivity index (χ4n) is 5.47. The molecule has 0 aliphatic carbocycles. The van der Waals surface area contributed by atoms with Gasteiger partial charge < -0.3 is 20.0 Å². The highest BCUT2D eigenvalue weighted by atomic mass is 16.3. The minimum atomic E-state index is -0.0139. The van der Waals surface area contributed by atoms with Crippen molar-refractivity contribution in [1.29, 1.82) is 0 Å². The van der Waals surface area contributed by atoms with Crippen LogP contribution in [0.25, 0.3) is 0 Å². The van der Waals surface area contributed by atoms with E-state index in [1.165, 1.54) is 0 Å². The van der Waals surface area contributed by atoms with Gasteiger partial charge >= 0.3 is 0 Å². The van der Waals surface area contributed by atoms with Crippen LogP contribution in [0.15, 0.2) is 158 Å². The fraction of sp³-hybridized carbons (Fsp3) is 0.0513. The van der Waals surface area contributed by atoms with E-state index in [0.717, 1.165) is 45.3 Å². The molecule has 4 nitrogen and oxygen atoms in total. The van der Waals surface area contributed by atoms with Crippen LogP contribution in [-0.4, -0.2) is 10.2 Å². The quantitative estimate of drug-likeness (QED) is 0.185. The Morgan fingerprint density at radius 3 is 1.12 bits per heavy atom. The molecule has 2 N–H and O–H groups in total. The Kier molecular flexibility index (Phi) is 8.10. The zero-order chi connectivity index (χ0) is 29.6. The second kappa shape index (κ2) is 12.6. The molecule has 43 heavy (non-hydrogen) atoms. The monoisotopic (exact) mass is 560 g/mol. The summed E-state index contributed by atoms with van der Waals surface area (Å²) in [4.78, 5) is 4.26. The van der Waals surface area contributed by atoms with E-state index in [0.29, 0.717) is 0 Å². The summed E-state index contributed by atoms with van der Waals surface area (Å²) in [7, 11) is 0. The summed E-state index contributed by atoms with van der Waals surface area (Å²) in [6, 6.07) is 51.9. The Morgan fingerprint density at radius 2 is 0.767 bits per heavy atom. The van der Waals surface area contributed by atoms with E-state index in [1.54, 1.807) is 24.3 Å². The number of anilines is 6. The number of rotatable bonds is 9. The van der Waals surface area contributed by atoms with E-state index in [2.05, 4.69) is 89.0 Å². The molecule has 6 aromatic rings. The van der Waals surface area contributed by atoms with Gasteiger partial charge in [0.1, 0.15) is 11.5 Å². The first-order valence-corrected chi connectivity index (χ1v) is 14.3. The number of nitrogens with zero attached hydrogens (tertiary/aromatic N) is 2. The lowest BCUT2D eigenvalue weighted by Crippen LogP contribution is -2.11. The lowest BCUT2D eigenvalue weighted by molar-refractivity contribution is 0.475. The number of phenolic OH excluding ortho intramolecular Hbond substituents is 2. The summed E-state index contributed by atoms with van der Waals surface area (Å²) in [6.07, 6.45) is 3.48. The molecule has 0 fully saturated rings. The highest BCUT2D eigenvalue weighted by Crippen LogP contribution is 2.39. The lowest BCUT2D eigenvalue weighted by Gasteiger charge is -2.27. The predicted molar refractivity (Wildman–Crippen MR) is 176 cm³/mol. The van der Waals surface area contributed by atoms with Gasteiger partial charge in [0.15, 0.2) is 0 Å². The average molecular weight is 561 g/mol. The molecule has 2 radical (unpaired) electrons. The van der Waals surface area contributed by atoms with Crippen molar-refractivity contribution in [2.45, 2.75) is 12.8 Å². The maximum Gasteiger partial charge on any atom is 0.117 e. The molecule has 6 rings (SSSR count). The molecule has 0 bridgehead atoms. The van der Waals surface area contributed by atoms with Gasteiger partial charge in [-0.25, -0.2) is 0 Å². The van der Waals surface area contributed by atoms with Crippen LogP contribution in [0.3, 0.4) is 0 Å². The molecule has 0 heterocycles. The van der Waals surface area contributed by atoms with Gasteiger partial charge in [-0.05, 0) is 90.3 Å². The summed E-state index contributed by atoms with van der Waals surface area (Å²) < 4.78 is 0. The van der Waals surface area contributed by atoms with E-state index in [9.17, 15) is 10.2 Å². The molecule has 0 atom stereocenters. The van der Waals surface area contributed by atoms with Crippen molar-refractivity contribution in [1.82, 2.24) is 0 Å². The van der Waals surface area contributed by atoms with Crippen LogP contribution < -0.4 is 9.80 Å². The third-order valence-corrected chi connectivity index (χ3v) is 7.46. The summed E-state index contributed by atoms with van der Waals surface area (Å²) in [5, 5.41) is 20.4. The van der Waals surface area contributed by atoms with Gasteiger partial charge in [0.25, 0.3) is 0 Å². The van der Waals surface area contributed by atoms with Crippen molar-refractivity contribution in [3.63, 3.8) is 0 Å². The molecule has 0 unspecified atom stereocenters. The van der Waals surface area contributed by atoms with Crippen LogP contribution in [0, 0.1) is 6.42 Å². The Morgan fingerprint density at radius 1 is 0.419 bits per heavy atom. The molecule has 0 aliphatic heterocycles. The molecule has 0 saturated heterocycles. The first-order chi connectivity index (χ1) is 21.1. The molecular formula is C39H32N2O2. The molecule has 0 aromatic heterocycles. The normalized spacial score (nSPS) is 10.9. The number of hydrogen-bond donors (Lipinski definition) is 2. The van der Waals surface area contributed by atoms with E-state index >= 15 is 0 Å². The van der Waals surface area contributed by atoms with Gasteiger partial charge in [0.05, 0.1) is 0 Å². The van der Waals surface area contributed by atoms with Crippen LogP contribution in [-0.2, 0) is 0 Å². The van der Waals surface area contributed by atoms with E-state index in [-0.39, 0.29) is 17.4 Å². The number of benzene rings is 6. The minimum Gasteiger partial charge on any atom is -0.508 e. The van der Waals surface area contributed by atoms with Crippen molar-refractivity contribution in [3.05, 3.63) is 175 Å². The highest BCUT2D eigenvalue weighted by Gasteiger charge is 2.18. The molecule has 0 spiro atoms. The molecule has 0 amide bonds. The maximum atomic E-state index is 10.2. The Labute approximate surface area is 253 Å². The largest absolute Gasteiger partial charge is 0.508 e. The fourth-order valence-corrected chi connectivity index (χ4v) is 5.47. The van der Waals surface area contributed by atoms with Gasteiger partial charge in [0.2, 0.25) is 0 Å². The summed E-state index contributed by atoms with van der Waals surface area (Å²) in [6.45, 7) is 1.97. The Balaban J connectivity index is 1.31. The van der Waals surface area contributed by atoms with Gasteiger partial charge in [-0.3, -0.25) is 0 Å². The van der Waals surface area contributed by atoms with E-state index in [4.69, 9.17) is 0 Å². The lowest BCUT2D eigenvalue weighted by atomic mass is 9.89. The van der Waals surface area contributed by atoms with Crippen molar-refractivity contribution < 1.29 is 10.2 Å². The zero-order valence-corrected chi connectivity index (χ0v) is 23.9. The summed E-state index contributed by atoms with van der Waals surface area (Å²) in [5.41, 5.74) is 8.05. The number of hydrogen-bond acceptors (Lipinski definition) is 4. The number of phenols is 2. The molecule has 0 aliphatic rings. The van der Waals surface area contributed by atoms with E-state index in [1.807, 2.05) is 67.6 Å². The number of aromatic hydroxyl groups is 2. The standard InChI is InChI=1S/C39H32N2O2/c1-2-39(29-19-23-33(24-20-29)40(31-11-5-3-6-12-31)35-15-9-17-37(42)27-35)30-21-25-34(26-22-30)41(32-13-7-4-8-14-32)36-16-10-18-38(43)28-36/h3-28,39,42-43H,1H3. The Hall–Kier alpha value is -5.48. The SMILES string of the molecule is C[C]C(c1ccc(N(c2ccccc2)c2cccc(O)c2)cc1)c1ccc(N(c2ccccc2)c2cccc(O)c2)cc1. The topological polar surface area (TPSA) is 46.9 Å². The second-order valence-electron chi connectivity index (χ2n) is 10.3. The smallest absolute Gasteiger partial charge is 0.117 e. The third kappa shape index (κ3) is 6.09.